The molecule has 336 valence electrons. The largest absolute Gasteiger partial charge is 0.507 e. The van der Waals surface area contributed by atoms with Crippen LogP contribution in [0.3, 0.4) is 0 Å². The number of phenolic OH excluding ortho intramolecular Hbond substituents is 3. The van der Waals surface area contributed by atoms with Crippen molar-refractivity contribution in [3.05, 3.63) is 76.5 Å². The Morgan fingerprint density at radius 1 is 0.613 bits per heavy atom. The van der Waals surface area contributed by atoms with Crippen molar-refractivity contribution in [2.24, 2.45) is 0 Å². The topological polar surface area (TPSA) is 355 Å². The van der Waals surface area contributed by atoms with Gasteiger partial charge in [0.2, 0.25) is 23.8 Å². The summed E-state index contributed by atoms with van der Waals surface area (Å²) in [6.07, 6.45) is -25.7. The summed E-state index contributed by atoms with van der Waals surface area (Å²) in [5.41, 5.74) is -1.53. The molecule has 3 saturated heterocycles. The lowest BCUT2D eigenvalue weighted by molar-refractivity contribution is -0.318. The van der Waals surface area contributed by atoms with E-state index in [1.54, 1.807) is 18.2 Å². The lowest BCUT2D eigenvalue weighted by atomic mass is 9.98. The van der Waals surface area contributed by atoms with Crippen LogP contribution in [-0.4, -0.2) is 173 Å². The number of fused-ring (bicyclic) bond motifs is 1. The highest BCUT2D eigenvalue weighted by atomic mass is 16.7. The molecule has 3 aliphatic rings. The van der Waals surface area contributed by atoms with Crippen molar-refractivity contribution in [1.82, 2.24) is 0 Å². The molecule has 4 aromatic rings. The van der Waals surface area contributed by atoms with E-state index in [0.29, 0.717) is 0 Å². The van der Waals surface area contributed by atoms with Crippen LogP contribution in [0.25, 0.3) is 22.3 Å². The molecule has 0 spiro atoms. The molecule has 4 heterocycles. The molecular formula is C40H44O22. The standard InChI is InChI=1S/C40H44O22/c1-14-25(44)29(48)32(51)38(57-14)56-13-23-27(46)31(50)34(53)40(61-23)62-36-28(47)24-20(43)10-17(11-21(24)59-35(36)16-7-8-18(41)19(42)9-16)58-39-33(52)30(49)26(45)22(60-39)12-55-37(54)15-5-3-2-4-6-15/h2-11,14,22-23,25-27,29-34,38-46,48-53H,12-13H2,1H3. The number of phenols is 3. The second-order valence-electron chi connectivity index (χ2n) is 14.9. The summed E-state index contributed by atoms with van der Waals surface area (Å²) in [7, 11) is 0. The molecule has 0 amide bonds. The number of aromatic hydroxyl groups is 3. The highest BCUT2D eigenvalue weighted by molar-refractivity contribution is 5.89. The molecule has 22 nitrogen and oxygen atoms in total. The van der Waals surface area contributed by atoms with Crippen molar-refractivity contribution >= 4 is 16.9 Å². The fraction of sp³-hybridized carbons (Fsp3) is 0.450. The Morgan fingerprint density at radius 2 is 1.21 bits per heavy atom. The third kappa shape index (κ3) is 8.87. The smallest absolute Gasteiger partial charge is 0.338 e. The van der Waals surface area contributed by atoms with E-state index >= 15 is 0 Å². The van der Waals surface area contributed by atoms with Crippen LogP contribution >= 0.6 is 0 Å². The van der Waals surface area contributed by atoms with Gasteiger partial charge in [-0.15, -0.1) is 0 Å². The Balaban J connectivity index is 1.17. The van der Waals surface area contributed by atoms with Gasteiger partial charge in [-0.2, -0.15) is 0 Å². The van der Waals surface area contributed by atoms with Crippen LogP contribution in [0, 0.1) is 0 Å². The second kappa shape index (κ2) is 18.3. The molecule has 0 saturated carbocycles. The second-order valence-corrected chi connectivity index (χ2v) is 14.9. The van der Waals surface area contributed by atoms with Crippen molar-refractivity contribution in [2.45, 2.75) is 99.0 Å². The zero-order valence-corrected chi connectivity index (χ0v) is 32.3. The van der Waals surface area contributed by atoms with Crippen molar-refractivity contribution in [1.29, 1.82) is 0 Å². The minimum Gasteiger partial charge on any atom is -0.507 e. The molecule has 15 atom stereocenters. The Hall–Kier alpha value is -5.18. The van der Waals surface area contributed by atoms with Gasteiger partial charge in [-0.05, 0) is 37.3 Å². The highest BCUT2D eigenvalue weighted by Gasteiger charge is 2.49. The van der Waals surface area contributed by atoms with Gasteiger partial charge in [-0.25, -0.2) is 4.79 Å². The minimum absolute atomic E-state index is 0.139. The third-order valence-corrected chi connectivity index (χ3v) is 10.6. The molecule has 1 aromatic heterocycles. The van der Waals surface area contributed by atoms with Gasteiger partial charge in [0, 0.05) is 17.7 Å². The van der Waals surface area contributed by atoms with Crippen molar-refractivity contribution < 1.29 is 104 Å². The van der Waals surface area contributed by atoms with Gasteiger partial charge in [0.15, 0.2) is 23.5 Å². The fourth-order valence-corrected chi connectivity index (χ4v) is 7.00. The predicted octanol–water partition coefficient (Wildman–Crippen LogP) is -2.35. The molecule has 3 aliphatic heterocycles. The molecule has 22 heteroatoms. The molecular weight excluding hydrogens is 832 g/mol. The summed E-state index contributed by atoms with van der Waals surface area (Å²) in [5.74, 6) is -4.52. The minimum atomic E-state index is -2.07. The fourth-order valence-electron chi connectivity index (χ4n) is 7.00. The first kappa shape index (κ1) is 44.9. The molecule has 3 aromatic carbocycles. The summed E-state index contributed by atoms with van der Waals surface area (Å²) < 4.78 is 45.0. The first-order valence-corrected chi connectivity index (χ1v) is 19.1. The van der Waals surface area contributed by atoms with Gasteiger partial charge >= 0.3 is 5.97 Å². The lowest BCUT2D eigenvalue weighted by Crippen LogP contribution is -2.61. The van der Waals surface area contributed by atoms with Crippen LogP contribution in [0.1, 0.15) is 17.3 Å². The van der Waals surface area contributed by atoms with Crippen LogP contribution < -0.4 is 14.9 Å². The Morgan fingerprint density at radius 3 is 1.85 bits per heavy atom. The number of benzene rings is 3. The summed E-state index contributed by atoms with van der Waals surface area (Å²) in [6.45, 7) is 0.138. The molecule has 0 aliphatic carbocycles. The van der Waals surface area contributed by atoms with E-state index in [1.807, 2.05) is 0 Å². The molecule has 62 heavy (non-hydrogen) atoms. The number of esters is 1. The van der Waals surface area contributed by atoms with Gasteiger partial charge in [-0.1, -0.05) is 18.2 Å². The summed E-state index contributed by atoms with van der Waals surface area (Å²) >= 11 is 0. The molecule has 3 fully saturated rings. The van der Waals surface area contributed by atoms with Crippen LogP contribution in [-0.2, 0) is 23.7 Å². The number of rotatable bonds is 11. The maximum absolute atomic E-state index is 14.2. The summed E-state index contributed by atoms with van der Waals surface area (Å²) in [5, 5.41) is 126. The Kier molecular flexibility index (Phi) is 13.2. The number of hydrogen-bond acceptors (Lipinski definition) is 22. The molecule has 0 bridgehead atoms. The average molecular weight is 877 g/mol. The maximum atomic E-state index is 14.2. The number of aliphatic hydroxyl groups is 9. The van der Waals surface area contributed by atoms with Crippen LogP contribution in [0.15, 0.2) is 69.9 Å². The van der Waals surface area contributed by atoms with Crippen molar-refractivity contribution in [3.8, 4) is 40.1 Å². The van der Waals surface area contributed by atoms with E-state index < -0.39 is 156 Å². The van der Waals surface area contributed by atoms with Gasteiger partial charge in [0.05, 0.1) is 18.3 Å². The van der Waals surface area contributed by atoms with Crippen LogP contribution in [0.2, 0.25) is 0 Å². The van der Waals surface area contributed by atoms with E-state index in [2.05, 4.69) is 0 Å². The van der Waals surface area contributed by atoms with E-state index in [0.717, 1.165) is 24.3 Å². The molecule has 12 N–H and O–H groups in total. The molecule has 15 unspecified atom stereocenters. The Bertz CT molecular complexity index is 2270. The van der Waals surface area contributed by atoms with Crippen molar-refractivity contribution in [2.75, 3.05) is 13.2 Å². The number of carbonyl (C=O) groups is 1. The zero-order chi connectivity index (χ0) is 44.7. The highest BCUT2D eigenvalue weighted by Crippen LogP contribution is 2.40. The normalized spacial score (nSPS) is 33.8. The van der Waals surface area contributed by atoms with E-state index in [9.17, 15) is 70.9 Å². The Labute approximate surface area is 349 Å². The number of carbonyl (C=O) groups excluding carboxylic acids is 1. The maximum Gasteiger partial charge on any atom is 0.338 e. The first-order valence-electron chi connectivity index (χ1n) is 19.1. The van der Waals surface area contributed by atoms with Gasteiger partial charge < -0.3 is 98.9 Å². The summed E-state index contributed by atoms with van der Waals surface area (Å²) in [4.78, 5) is 26.7. The zero-order valence-electron chi connectivity index (χ0n) is 32.3. The average Bonchev–Trinajstić information content (AvgIpc) is 3.25. The van der Waals surface area contributed by atoms with E-state index in [-0.39, 0.29) is 16.9 Å². The van der Waals surface area contributed by atoms with Gasteiger partial charge in [0.1, 0.15) is 96.2 Å². The van der Waals surface area contributed by atoms with Gasteiger partial charge in [0.25, 0.3) is 0 Å². The number of ether oxygens (including phenoxy) is 7. The number of aliphatic hydroxyl groups excluding tert-OH is 9. The first-order chi connectivity index (χ1) is 29.4. The summed E-state index contributed by atoms with van der Waals surface area (Å²) in [6, 6.07) is 13.0. The third-order valence-electron chi connectivity index (χ3n) is 10.6. The quantitative estimate of drug-likeness (QED) is 0.0554. The molecule has 7 rings (SSSR count). The lowest BCUT2D eigenvalue weighted by Gasteiger charge is -2.42. The van der Waals surface area contributed by atoms with Crippen LogP contribution in [0.4, 0.5) is 0 Å². The van der Waals surface area contributed by atoms with E-state index in [4.69, 9.17) is 37.6 Å². The van der Waals surface area contributed by atoms with Crippen molar-refractivity contribution in [3.63, 3.8) is 0 Å². The monoisotopic (exact) mass is 876 g/mol. The van der Waals surface area contributed by atoms with Crippen LogP contribution in [0.5, 0.6) is 28.7 Å². The number of hydrogen-bond donors (Lipinski definition) is 12. The SMILES string of the molecule is CC1OC(OCC2OC(Oc3c(-c4ccc(O)c(O)c4)oc4cc(OC5OC(COC(=O)c6ccccc6)C(O)C(O)C5O)cc(O)c4c3=O)C(O)C(O)C2O)C(O)C(O)C1O. The van der Waals surface area contributed by atoms with E-state index in [1.165, 1.54) is 25.1 Å². The molecule has 0 radical (unpaired) electrons. The predicted molar refractivity (Wildman–Crippen MR) is 203 cm³/mol. The van der Waals surface area contributed by atoms with Gasteiger partial charge in [-0.3, -0.25) is 4.79 Å².